The van der Waals surface area contributed by atoms with Crippen LogP contribution in [0.15, 0.2) is 0 Å². The maximum absolute atomic E-state index is 3.67. The van der Waals surface area contributed by atoms with Crippen molar-refractivity contribution in [2.75, 3.05) is 25.1 Å². The van der Waals surface area contributed by atoms with Gasteiger partial charge in [0, 0.05) is 24.7 Å². The summed E-state index contributed by atoms with van der Waals surface area (Å²) in [6.07, 6.45) is 7.44. The Balaban J connectivity index is 2.31. The zero-order valence-corrected chi connectivity index (χ0v) is 12.9. The number of hydrogen-bond acceptors (Lipinski definition) is 3. The number of hydrogen-bond donors (Lipinski definition) is 1. The molecule has 0 amide bonds. The highest BCUT2D eigenvalue weighted by atomic mass is 32.2. The molecule has 1 aliphatic rings. The number of rotatable bonds is 7. The number of nitrogens with zero attached hydrogens (tertiary/aromatic N) is 1. The van der Waals surface area contributed by atoms with E-state index in [1.807, 2.05) is 11.8 Å². The summed E-state index contributed by atoms with van der Waals surface area (Å²) < 4.78 is 0. The molecule has 0 spiro atoms. The van der Waals surface area contributed by atoms with Crippen LogP contribution in [0, 0.1) is 0 Å². The van der Waals surface area contributed by atoms with Gasteiger partial charge in [-0.3, -0.25) is 4.90 Å². The normalized spacial score (nSPS) is 28.2. The molecule has 0 bridgehead atoms. The average molecular weight is 258 g/mol. The summed E-state index contributed by atoms with van der Waals surface area (Å²) in [5, 5.41) is 3.67. The fourth-order valence-electron chi connectivity index (χ4n) is 2.83. The summed E-state index contributed by atoms with van der Waals surface area (Å²) in [4.78, 5) is 2.71. The molecule has 0 radical (unpaired) electrons. The minimum absolute atomic E-state index is 0.745. The third-order valence-electron chi connectivity index (χ3n) is 3.92. The minimum Gasteiger partial charge on any atom is -0.314 e. The largest absolute Gasteiger partial charge is 0.314 e. The Kier molecular flexibility index (Phi) is 7.56. The van der Waals surface area contributed by atoms with Gasteiger partial charge in [0.05, 0.1) is 0 Å². The molecule has 0 aromatic heterocycles. The summed E-state index contributed by atoms with van der Waals surface area (Å²) in [6.45, 7) is 9.50. The SMILES string of the molecule is CCCNC1CCN(C(C)CCSC)C(C)C1. The predicted molar refractivity (Wildman–Crippen MR) is 79.9 cm³/mol. The summed E-state index contributed by atoms with van der Waals surface area (Å²) in [7, 11) is 0. The van der Waals surface area contributed by atoms with E-state index >= 15 is 0 Å². The van der Waals surface area contributed by atoms with Crippen LogP contribution in [0.1, 0.15) is 46.5 Å². The second-order valence-corrected chi connectivity index (χ2v) is 6.38. The van der Waals surface area contributed by atoms with Crippen molar-refractivity contribution in [3.05, 3.63) is 0 Å². The first-order chi connectivity index (χ1) is 8.19. The molecule has 1 aliphatic heterocycles. The summed E-state index contributed by atoms with van der Waals surface area (Å²) in [5.41, 5.74) is 0. The van der Waals surface area contributed by atoms with Gasteiger partial charge in [0.2, 0.25) is 0 Å². The molecule has 3 heteroatoms. The number of piperidine rings is 1. The quantitative estimate of drug-likeness (QED) is 0.756. The van der Waals surface area contributed by atoms with Crippen molar-refractivity contribution in [1.82, 2.24) is 10.2 Å². The maximum Gasteiger partial charge on any atom is 0.00940 e. The van der Waals surface area contributed by atoms with E-state index in [-0.39, 0.29) is 0 Å². The van der Waals surface area contributed by atoms with Gasteiger partial charge in [-0.05, 0) is 58.1 Å². The Morgan fingerprint density at radius 2 is 2.24 bits per heavy atom. The zero-order chi connectivity index (χ0) is 12.7. The molecule has 0 aromatic rings. The molecule has 0 aliphatic carbocycles. The van der Waals surface area contributed by atoms with E-state index in [2.05, 4.69) is 37.2 Å². The lowest BCUT2D eigenvalue weighted by atomic mass is 9.96. The fraction of sp³-hybridized carbons (Fsp3) is 1.00. The van der Waals surface area contributed by atoms with Crippen LogP contribution < -0.4 is 5.32 Å². The third-order valence-corrected chi connectivity index (χ3v) is 4.56. The number of likely N-dealkylation sites (tertiary alicyclic amines) is 1. The molecule has 1 fully saturated rings. The zero-order valence-electron chi connectivity index (χ0n) is 12.0. The minimum atomic E-state index is 0.745. The van der Waals surface area contributed by atoms with Crippen molar-refractivity contribution in [2.24, 2.45) is 0 Å². The van der Waals surface area contributed by atoms with E-state index in [0.717, 1.165) is 18.1 Å². The topological polar surface area (TPSA) is 15.3 Å². The summed E-state index contributed by atoms with van der Waals surface area (Å²) in [5.74, 6) is 1.29. The Hall–Kier alpha value is 0.270. The second-order valence-electron chi connectivity index (χ2n) is 5.39. The Bertz CT molecular complexity index is 199. The third kappa shape index (κ3) is 5.19. The second kappa shape index (κ2) is 8.39. The monoisotopic (exact) mass is 258 g/mol. The van der Waals surface area contributed by atoms with E-state index < -0.39 is 0 Å². The predicted octanol–water partition coefficient (Wildman–Crippen LogP) is 2.98. The van der Waals surface area contributed by atoms with Gasteiger partial charge in [-0.2, -0.15) is 11.8 Å². The van der Waals surface area contributed by atoms with Gasteiger partial charge in [-0.15, -0.1) is 0 Å². The van der Waals surface area contributed by atoms with Gasteiger partial charge in [0.25, 0.3) is 0 Å². The molecule has 3 atom stereocenters. The molecule has 0 aromatic carbocycles. The Morgan fingerprint density at radius 1 is 1.47 bits per heavy atom. The van der Waals surface area contributed by atoms with Gasteiger partial charge >= 0.3 is 0 Å². The summed E-state index contributed by atoms with van der Waals surface area (Å²) in [6, 6.07) is 2.26. The first-order valence-corrected chi connectivity index (χ1v) is 8.56. The van der Waals surface area contributed by atoms with Crippen molar-refractivity contribution < 1.29 is 0 Å². The lowest BCUT2D eigenvalue weighted by Gasteiger charge is -2.41. The van der Waals surface area contributed by atoms with Crippen LogP contribution in [0.2, 0.25) is 0 Å². The van der Waals surface area contributed by atoms with Gasteiger partial charge in [-0.1, -0.05) is 6.92 Å². The fourth-order valence-corrected chi connectivity index (χ4v) is 3.41. The van der Waals surface area contributed by atoms with E-state index in [1.165, 1.54) is 44.5 Å². The molecule has 0 saturated carbocycles. The molecule has 1 heterocycles. The first kappa shape index (κ1) is 15.3. The Morgan fingerprint density at radius 3 is 2.82 bits per heavy atom. The molecule has 3 unspecified atom stereocenters. The highest BCUT2D eigenvalue weighted by molar-refractivity contribution is 7.98. The molecular formula is C14H30N2S. The van der Waals surface area contributed by atoms with Crippen LogP contribution in [0.3, 0.4) is 0 Å². The van der Waals surface area contributed by atoms with Crippen LogP contribution in [0.4, 0.5) is 0 Å². The van der Waals surface area contributed by atoms with Gasteiger partial charge < -0.3 is 5.32 Å². The highest BCUT2D eigenvalue weighted by Gasteiger charge is 2.27. The van der Waals surface area contributed by atoms with E-state index in [4.69, 9.17) is 0 Å². The molecule has 102 valence electrons. The molecule has 17 heavy (non-hydrogen) atoms. The molecule has 2 nitrogen and oxygen atoms in total. The standard InChI is InChI=1S/C14H30N2S/c1-5-8-15-14-6-9-16(13(3)11-14)12(2)7-10-17-4/h12-15H,5-11H2,1-4H3. The van der Waals surface area contributed by atoms with Crippen LogP contribution in [-0.4, -0.2) is 48.1 Å². The van der Waals surface area contributed by atoms with Crippen molar-refractivity contribution in [1.29, 1.82) is 0 Å². The van der Waals surface area contributed by atoms with Crippen molar-refractivity contribution in [2.45, 2.75) is 64.6 Å². The lowest BCUT2D eigenvalue weighted by molar-refractivity contribution is 0.0942. The average Bonchev–Trinajstić information content (AvgIpc) is 2.33. The van der Waals surface area contributed by atoms with Gasteiger partial charge in [0.1, 0.15) is 0 Å². The Labute approximate surface area is 112 Å². The highest BCUT2D eigenvalue weighted by Crippen LogP contribution is 2.21. The van der Waals surface area contributed by atoms with Crippen LogP contribution in [0.25, 0.3) is 0 Å². The van der Waals surface area contributed by atoms with E-state index in [0.29, 0.717) is 0 Å². The smallest absolute Gasteiger partial charge is 0.00940 e. The van der Waals surface area contributed by atoms with Crippen LogP contribution in [0.5, 0.6) is 0 Å². The molecule has 1 N–H and O–H groups in total. The molecule has 1 saturated heterocycles. The first-order valence-electron chi connectivity index (χ1n) is 7.17. The van der Waals surface area contributed by atoms with Crippen molar-refractivity contribution in [3.63, 3.8) is 0 Å². The number of nitrogens with one attached hydrogen (secondary N) is 1. The number of thioether (sulfide) groups is 1. The summed E-state index contributed by atoms with van der Waals surface area (Å²) >= 11 is 1.97. The van der Waals surface area contributed by atoms with Crippen LogP contribution >= 0.6 is 11.8 Å². The van der Waals surface area contributed by atoms with Gasteiger partial charge in [0.15, 0.2) is 0 Å². The van der Waals surface area contributed by atoms with E-state index in [1.54, 1.807) is 0 Å². The molecular weight excluding hydrogens is 228 g/mol. The lowest BCUT2D eigenvalue weighted by Crippen LogP contribution is -2.50. The molecule has 1 rings (SSSR count). The maximum atomic E-state index is 3.67. The van der Waals surface area contributed by atoms with Crippen LogP contribution in [-0.2, 0) is 0 Å². The van der Waals surface area contributed by atoms with E-state index in [9.17, 15) is 0 Å². The van der Waals surface area contributed by atoms with Crippen molar-refractivity contribution >= 4 is 11.8 Å². The van der Waals surface area contributed by atoms with Crippen molar-refractivity contribution in [3.8, 4) is 0 Å². The van der Waals surface area contributed by atoms with Gasteiger partial charge in [-0.25, -0.2) is 0 Å².